The van der Waals surface area contributed by atoms with Crippen LogP contribution in [0.15, 0.2) is 53.0 Å². The smallest absolute Gasteiger partial charge is 0.0440 e. The molecule has 1 unspecified atom stereocenters. The third-order valence-corrected chi connectivity index (χ3v) is 5.21. The van der Waals surface area contributed by atoms with Crippen LogP contribution in [0.4, 0.5) is 0 Å². The molecule has 0 heterocycles. The summed E-state index contributed by atoms with van der Waals surface area (Å²) < 4.78 is 1.13. The molecule has 2 aromatic carbocycles. The molecule has 2 aromatic rings. The van der Waals surface area contributed by atoms with Gasteiger partial charge in [0.25, 0.3) is 0 Å². The molecule has 1 N–H and O–H groups in total. The van der Waals surface area contributed by atoms with Crippen LogP contribution in [0, 0.1) is 0 Å². The molecule has 3 rings (SSSR count). The molecule has 3 heteroatoms. The van der Waals surface area contributed by atoms with Crippen molar-refractivity contribution < 1.29 is 0 Å². The van der Waals surface area contributed by atoms with Crippen molar-refractivity contribution in [3.8, 4) is 0 Å². The first-order chi connectivity index (χ1) is 10.1. The molecule has 1 aliphatic carbocycles. The molecule has 110 valence electrons. The van der Waals surface area contributed by atoms with Gasteiger partial charge in [-0.05, 0) is 55.0 Å². The van der Waals surface area contributed by atoms with Crippen LogP contribution in [0.5, 0.6) is 0 Å². The van der Waals surface area contributed by atoms with E-state index in [2.05, 4.69) is 64.6 Å². The second kappa shape index (κ2) is 6.51. The predicted molar refractivity (Wildman–Crippen MR) is 92.9 cm³/mol. The van der Waals surface area contributed by atoms with Crippen molar-refractivity contribution in [2.75, 3.05) is 0 Å². The SMILES string of the molecule is CC(NC1CC(c2ccccc2Cl)C1)c1ccc(Br)cc1. The van der Waals surface area contributed by atoms with E-state index in [1.807, 2.05) is 12.1 Å². The predicted octanol–water partition coefficient (Wildman–Crippen LogP) is 5.70. The van der Waals surface area contributed by atoms with E-state index in [0.717, 1.165) is 9.50 Å². The molecule has 1 fully saturated rings. The van der Waals surface area contributed by atoms with Crippen molar-refractivity contribution in [1.29, 1.82) is 0 Å². The summed E-state index contributed by atoms with van der Waals surface area (Å²) in [5.41, 5.74) is 2.63. The van der Waals surface area contributed by atoms with Crippen molar-refractivity contribution in [2.45, 2.75) is 37.8 Å². The molecule has 0 amide bonds. The molecule has 0 radical (unpaired) electrons. The Labute approximate surface area is 139 Å². The highest BCUT2D eigenvalue weighted by Crippen LogP contribution is 2.40. The molecule has 0 aromatic heterocycles. The lowest BCUT2D eigenvalue weighted by atomic mass is 9.75. The highest BCUT2D eigenvalue weighted by molar-refractivity contribution is 9.10. The summed E-state index contributed by atoms with van der Waals surface area (Å²) in [6.07, 6.45) is 2.34. The summed E-state index contributed by atoms with van der Waals surface area (Å²) in [7, 11) is 0. The lowest BCUT2D eigenvalue weighted by molar-refractivity contribution is 0.271. The maximum Gasteiger partial charge on any atom is 0.0440 e. The molecule has 1 atom stereocenters. The van der Waals surface area contributed by atoms with Crippen LogP contribution >= 0.6 is 27.5 Å². The quantitative estimate of drug-likeness (QED) is 0.734. The van der Waals surface area contributed by atoms with E-state index in [4.69, 9.17) is 11.6 Å². The van der Waals surface area contributed by atoms with Crippen molar-refractivity contribution in [2.24, 2.45) is 0 Å². The lowest BCUT2D eigenvalue weighted by Crippen LogP contribution is -2.41. The first-order valence-electron chi connectivity index (χ1n) is 7.39. The number of halogens is 2. The first kappa shape index (κ1) is 15.1. The highest BCUT2D eigenvalue weighted by Gasteiger charge is 2.32. The maximum atomic E-state index is 6.27. The zero-order valence-corrected chi connectivity index (χ0v) is 14.4. The van der Waals surface area contributed by atoms with Gasteiger partial charge < -0.3 is 5.32 Å². The van der Waals surface area contributed by atoms with Gasteiger partial charge in [0.05, 0.1) is 0 Å². The standard InChI is InChI=1S/C18H19BrClN/c1-12(13-6-8-15(19)9-7-13)21-16-10-14(11-16)17-4-2-3-5-18(17)20/h2-9,12,14,16,21H,10-11H2,1H3. The second-order valence-corrected chi connectivity index (χ2v) is 7.15. The van der Waals surface area contributed by atoms with Crippen molar-refractivity contribution in [3.05, 3.63) is 69.2 Å². The fraction of sp³-hybridized carbons (Fsp3) is 0.333. The van der Waals surface area contributed by atoms with Crippen molar-refractivity contribution >= 4 is 27.5 Å². The van der Waals surface area contributed by atoms with E-state index in [9.17, 15) is 0 Å². The minimum absolute atomic E-state index is 0.385. The van der Waals surface area contributed by atoms with Gasteiger partial charge in [0.2, 0.25) is 0 Å². The van der Waals surface area contributed by atoms with E-state index in [-0.39, 0.29) is 0 Å². The Bertz CT molecular complexity index is 605. The van der Waals surface area contributed by atoms with Gasteiger partial charge in [-0.25, -0.2) is 0 Å². The Morgan fingerprint density at radius 1 is 1.10 bits per heavy atom. The average molecular weight is 365 g/mol. The largest absolute Gasteiger partial charge is 0.307 e. The summed E-state index contributed by atoms with van der Waals surface area (Å²) in [6.45, 7) is 2.23. The van der Waals surface area contributed by atoms with Crippen LogP contribution in [0.1, 0.15) is 42.9 Å². The summed E-state index contributed by atoms with van der Waals surface area (Å²) in [5.74, 6) is 0.605. The third kappa shape index (κ3) is 3.50. The molecule has 0 saturated heterocycles. The monoisotopic (exact) mass is 363 g/mol. The summed E-state index contributed by atoms with van der Waals surface area (Å²) in [5, 5.41) is 4.62. The Balaban J connectivity index is 1.55. The first-order valence-corrected chi connectivity index (χ1v) is 8.56. The minimum atomic E-state index is 0.385. The maximum absolute atomic E-state index is 6.27. The van der Waals surface area contributed by atoms with Crippen LogP contribution in [0.2, 0.25) is 5.02 Å². The lowest BCUT2D eigenvalue weighted by Gasteiger charge is -2.38. The third-order valence-electron chi connectivity index (χ3n) is 4.34. The molecule has 0 aliphatic heterocycles. The molecule has 1 saturated carbocycles. The number of hydrogen-bond acceptors (Lipinski definition) is 1. The molecule has 0 spiro atoms. The Morgan fingerprint density at radius 2 is 1.76 bits per heavy atom. The van der Waals surface area contributed by atoms with Crippen LogP contribution in [-0.4, -0.2) is 6.04 Å². The molecular formula is C18H19BrClN. The molecule has 0 bridgehead atoms. The van der Waals surface area contributed by atoms with Crippen molar-refractivity contribution in [3.63, 3.8) is 0 Å². The van der Waals surface area contributed by atoms with E-state index in [1.165, 1.54) is 24.0 Å². The molecule has 1 nitrogen and oxygen atoms in total. The van der Waals surface area contributed by atoms with Gasteiger partial charge >= 0.3 is 0 Å². The van der Waals surface area contributed by atoms with Gasteiger partial charge in [0.15, 0.2) is 0 Å². The number of nitrogens with one attached hydrogen (secondary N) is 1. The summed E-state index contributed by atoms with van der Waals surface area (Å²) in [6, 6.07) is 17.7. The average Bonchev–Trinajstić information content (AvgIpc) is 2.44. The van der Waals surface area contributed by atoms with Crippen LogP contribution < -0.4 is 5.32 Å². The van der Waals surface area contributed by atoms with Crippen LogP contribution in [0.25, 0.3) is 0 Å². The normalized spacial score (nSPS) is 22.6. The van der Waals surface area contributed by atoms with E-state index < -0.39 is 0 Å². The zero-order valence-electron chi connectivity index (χ0n) is 12.0. The van der Waals surface area contributed by atoms with Gasteiger partial charge in [-0.2, -0.15) is 0 Å². The minimum Gasteiger partial charge on any atom is -0.307 e. The highest BCUT2D eigenvalue weighted by atomic mass is 79.9. The Kier molecular flexibility index (Phi) is 4.68. The van der Waals surface area contributed by atoms with Crippen LogP contribution in [-0.2, 0) is 0 Å². The van der Waals surface area contributed by atoms with E-state index in [0.29, 0.717) is 18.0 Å². The Hall–Kier alpha value is -0.830. The molecular weight excluding hydrogens is 346 g/mol. The second-order valence-electron chi connectivity index (χ2n) is 5.83. The summed E-state index contributed by atoms with van der Waals surface area (Å²) in [4.78, 5) is 0. The Morgan fingerprint density at radius 3 is 2.43 bits per heavy atom. The fourth-order valence-electron chi connectivity index (χ4n) is 3.02. The van der Waals surface area contributed by atoms with Gasteiger partial charge in [-0.1, -0.05) is 57.9 Å². The zero-order chi connectivity index (χ0) is 14.8. The number of benzene rings is 2. The van der Waals surface area contributed by atoms with E-state index >= 15 is 0 Å². The van der Waals surface area contributed by atoms with Gasteiger partial charge in [-0.3, -0.25) is 0 Å². The van der Waals surface area contributed by atoms with Crippen molar-refractivity contribution in [1.82, 2.24) is 5.32 Å². The molecule has 1 aliphatic rings. The topological polar surface area (TPSA) is 12.0 Å². The number of rotatable bonds is 4. The summed E-state index contributed by atoms with van der Waals surface area (Å²) >= 11 is 9.75. The van der Waals surface area contributed by atoms with E-state index in [1.54, 1.807) is 0 Å². The molecule has 21 heavy (non-hydrogen) atoms. The van der Waals surface area contributed by atoms with Crippen LogP contribution in [0.3, 0.4) is 0 Å². The number of hydrogen-bond donors (Lipinski definition) is 1. The van der Waals surface area contributed by atoms with Gasteiger partial charge in [-0.15, -0.1) is 0 Å². The van der Waals surface area contributed by atoms with Gasteiger partial charge in [0, 0.05) is 21.6 Å². The fourth-order valence-corrected chi connectivity index (χ4v) is 3.57. The van der Waals surface area contributed by atoms with Gasteiger partial charge in [0.1, 0.15) is 0 Å².